The third-order valence-electron chi connectivity index (χ3n) is 4.73. The lowest BCUT2D eigenvalue weighted by Crippen LogP contribution is -2.34. The molecule has 0 radical (unpaired) electrons. The first-order chi connectivity index (χ1) is 12.3. The van der Waals surface area contributed by atoms with E-state index in [2.05, 4.69) is 9.55 Å². The molecule has 1 fully saturated rings. The van der Waals surface area contributed by atoms with E-state index < -0.39 is 0 Å². The molecule has 25 heavy (non-hydrogen) atoms. The molecular formula is C19H23N3O2S. The number of thiophene rings is 1. The van der Waals surface area contributed by atoms with Crippen LogP contribution in [0, 0.1) is 11.8 Å². The van der Waals surface area contributed by atoms with Crippen molar-refractivity contribution in [2.75, 3.05) is 19.8 Å². The summed E-state index contributed by atoms with van der Waals surface area (Å²) < 4.78 is 8.06. The highest BCUT2D eigenvalue weighted by molar-refractivity contribution is 7.10. The van der Waals surface area contributed by atoms with E-state index in [0.717, 1.165) is 36.2 Å². The second-order valence-electron chi connectivity index (χ2n) is 6.95. The van der Waals surface area contributed by atoms with E-state index in [4.69, 9.17) is 4.74 Å². The number of fused-ring (bicyclic) bond motifs is 1. The second kappa shape index (κ2) is 7.54. The largest absolute Gasteiger partial charge is 0.381 e. The fourth-order valence-corrected chi connectivity index (χ4v) is 3.77. The number of nitrogens with zero attached hydrogens (tertiary/aromatic N) is 3. The molecule has 132 valence electrons. The quantitative estimate of drug-likeness (QED) is 0.747. The predicted molar refractivity (Wildman–Crippen MR) is 98.0 cm³/mol. The van der Waals surface area contributed by atoms with Gasteiger partial charge in [-0.05, 0) is 36.3 Å². The van der Waals surface area contributed by atoms with Crippen molar-refractivity contribution in [3.8, 4) is 0 Å². The van der Waals surface area contributed by atoms with Crippen molar-refractivity contribution in [1.82, 2.24) is 14.5 Å². The number of hydrogen-bond donors (Lipinski definition) is 0. The van der Waals surface area contributed by atoms with Gasteiger partial charge in [0, 0.05) is 42.8 Å². The fraction of sp³-hybridized carbons (Fsp3) is 0.474. The zero-order valence-electron chi connectivity index (χ0n) is 14.2. The number of aromatic nitrogens is 2. The van der Waals surface area contributed by atoms with Crippen LogP contribution in [0.2, 0.25) is 0 Å². The van der Waals surface area contributed by atoms with Crippen molar-refractivity contribution in [2.45, 2.75) is 25.9 Å². The first kappa shape index (κ1) is 16.5. The van der Waals surface area contributed by atoms with E-state index in [1.165, 1.54) is 12.8 Å². The van der Waals surface area contributed by atoms with Gasteiger partial charge in [-0.2, -0.15) is 0 Å². The Balaban J connectivity index is 1.43. The minimum Gasteiger partial charge on any atom is -0.381 e. The van der Waals surface area contributed by atoms with Crippen LogP contribution >= 0.6 is 11.3 Å². The lowest BCUT2D eigenvalue weighted by Gasteiger charge is -2.23. The molecule has 1 aliphatic carbocycles. The molecule has 2 aromatic heterocycles. The first-order valence-corrected chi connectivity index (χ1v) is 9.73. The van der Waals surface area contributed by atoms with E-state index >= 15 is 0 Å². The number of rotatable bonds is 6. The number of carbonyl (C=O) groups is 1. The molecule has 4 rings (SSSR count). The van der Waals surface area contributed by atoms with Gasteiger partial charge < -0.3 is 14.2 Å². The standard InChI is InChI=1S/C19H23N3O2S/c23-19(6-5-18-2-1-7-25-18)21-9-16(13-24-12-15-3-4-15)10-22-14-20-8-17(22)11-21/h1-2,5-8,14-16H,3-4,9-13H2/b6-5+/t16-/m1/s1. The topological polar surface area (TPSA) is 47.4 Å². The summed E-state index contributed by atoms with van der Waals surface area (Å²) in [6.07, 6.45) is 9.89. The minimum absolute atomic E-state index is 0.0512. The molecule has 0 unspecified atom stereocenters. The molecule has 1 aliphatic heterocycles. The normalized spacial score (nSPS) is 20.6. The summed E-state index contributed by atoms with van der Waals surface area (Å²) in [6.45, 7) is 3.75. The van der Waals surface area contributed by atoms with Crippen LogP contribution < -0.4 is 0 Å². The van der Waals surface area contributed by atoms with E-state index in [9.17, 15) is 4.79 Å². The maximum Gasteiger partial charge on any atom is 0.246 e. The summed E-state index contributed by atoms with van der Waals surface area (Å²) in [6, 6.07) is 4.01. The molecule has 0 bridgehead atoms. The van der Waals surface area contributed by atoms with Gasteiger partial charge >= 0.3 is 0 Å². The summed E-state index contributed by atoms with van der Waals surface area (Å²) in [5, 5.41) is 2.02. The van der Waals surface area contributed by atoms with E-state index in [1.54, 1.807) is 17.4 Å². The summed E-state index contributed by atoms with van der Waals surface area (Å²) >= 11 is 1.63. The molecule has 2 aromatic rings. The van der Waals surface area contributed by atoms with Gasteiger partial charge in [-0.25, -0.2) is 4.98 Å². The average molecular weight is 357 g/mol. The molecule has 1 saturated carbocycles. The highest BCUT2D eigenvalue weighted by atomic mass is 32.1. The highest BCUT2D eigenvalue weighted by Gasteiger charge is 2.26. The van der Waals surface area contributed by atoms with Gasteiger partial charge in [-0.1, -0.05) is 6.07 Å². The maximum atomic E-state index is 12.7. The molecule has 1 atom stereocenters. The van der Waals surface area contributed by atoms with Crippen LogP contribution in [0.3, 0.4) is 0 Å². The number of ether oxygens (including phenoxy) is 1. The van der Waals surface area contributed by atoms with E-state index in [-0.39, 0.29) is 5.91 Å². The molecule has 0 saturated heterocycles. The summed E-state index contributed by atoms with van der Waals surface area (Å²) in [5.74, 6) is 1.12. The third kappa shape index (κ3) is 4.38. The Morgan fingerprint density at radius 3 is 3.00 bits per heavy atom. The lowest BCUT2D eigenvalue weighted by molar-refractivity contribution is -0.127. The van der Waals surface area contributed by atoms with Gasteiger partial charge in [-0.15, -0.1) is 11.3 Å². The van der Waals surface area contributed by atoms with Crippen LogP contribution in [-0.4, -0.2) is 40.1 Å². The van der Waals surface area contributed by atoms with Crippen molar-refractivity contribution in [1.29, 1.82) is 0 Å². The molecule has 6 heteroatoms. The Kier molecular flexibility index (Phi) is 4.99. The summed E-state index contributed by atoms with van der Waals surface area (Å²) in [7, 11) is 0. The van der Waals surface area contributed by atoms with Crippen LogP contribution in [0.25, 0.3) is 6.08 Å². The molecule has 0 aromatic carbocycles. The SMILES string of the molecule is O=C(/C=C/c1cccs1)N1Cc2cncn2C[C@H](COCC2CC2)C1. The van der Waals surface area contributed by atoms with Crippen molar-refractivity contribution in [3.63, 3.8) is 0 Å². The zero-order valence-corrected chi connectivity index (χ0v) is 15.0. The third-order valence-corrected chi connectivity index (χ3v) is 5.57. The van der Waals surface area contributed by atoms with Gasteiger partial charge in [-0.3, -0.25) is 4.79 Å². The van der Waals surface area contributed by atoms with Crippen molar-refractivity contribution >= 4 is 23.3 Å². The average Bonchev–Trinajstić information content (AvgIpc) is 3.15. The molecule has 3 heterocycles. The van der Waals surface area contributed by atoms with E-state index in [1.807, 2.05) is 41.0 Å². The van der Waals surface area contributed by atoms with Gasteiger partial charge in [0.25, 0.3) is 0 Å². The molecule has 0 spiro atoms. The monoisotopic (exact) mass is 357 g/mol. The fourth-order valence-electron chi connectivity index (χ4n) is 3.16. The van der Waals surface area contributed by atoms with Crippen molar-refractivity contribution < 1.29 is 9.53 Å². The second-order valence-corrected chi connectivity index (χ2v) is 7.93. The predicted octanol–water partition coefficient (Wildman–Crippen LogP) is 3.04. The summed E-state index contributed by atoms with van der Waals surface area (Å²) in [5.41, 5.74) is 1.09. The minimum atomic E-state index is 0.0512. The molecule has 0 N–H and O–H groups in total. The zero-order chi connectivity index (χ0) is 17.1. The van der Waals surface area contributed by atoms with Crippen LogP contribution in [0.4, 0.5) is 0 Å². The number of carbonyl (C=O) groups excluding carboxylic acids is 1. The van der Waals surface area contributed by atoms with Gasteiger partial charge in [0.15, 0.2) is 0 Å². The molecular weight excluding hydrogens is 334 g/mol. The van der Waals surface area contributed by atoms with Crippen LogP contribution in [0.5, 0.6) is 0 Å². The van der Waals surface area contributed by atoms with Crippen molar-refractivity contribution in [2.24, 2.45) is 11.8 Å². The summed E-state index contributed by atoms with van der Waals surface area (Å²) in [4.78, 5) is 19.9. The van der Waals surface area contributed by atoms with E-state index in [0.29, 0.717) is 19.1 Å². The smallest absolute Gasteiger partial charge is 0.246 e. The van der Waals surface area contributed by atoms with Crippen molar-refractivity contribution in [3.05, 3.63) is 46.7 Å². The Bertz CT molecular complexity index is 734. The van der Waals surface area contributed by atoms with Crippen LogP contribution in [0.1, 0.15) is 23.4 Å². The number of imidazole rings is 1. The Labute approximate surface area is 151 Å². The molecule has 1 amide bonds. The van der Waals surface area contributed by atoms with Gasteiger partial charge in [0.05, 0.1) is 25.2 Å². The highest BCUT2D eigenvalue weighted by Crippen LogP contribution is 2.29. The van der Waals surface area contributed by atoms with Gasteiger partial charge in [0.1, 0.15) is 0 Å². The number of amides is 1. The van der Waals surface area contributed by atoms with Crippen LogP contribution in [-0.2, 0) is 22.6 Å². The first-order valence-electron chi connectivity index (χ1n) is 8.85. The maximum absolute atomic E-state index is 12.7. The Hall–Kier alpha value is -1.92. The lowest BCUT2D eigenvalue weighted by atomic mass is 10.1. The molecule has 5 nitrogen and oxygen atoms in total. The Morgan fingerprint density at radius 2 is 2.20 bits per heavy atom. The van der Waals surface area contributed by atoms with Gasteiger partial charge in [0.2, 0.25) is 5.91 Å². The molecule has 2 aliphatic rings. The number of hydrogen-bond acceptors (Lipinski definition) is 4. The Morgan fingerprint density at radius 1 is 1.32 bits per heavy atom. The van der Waals surface area contributed by atoms with Crippen LogP contribution in [0.15, 0.2) is 36.1 Å².